The van der Waals surface area contributed by atoms with Gasteiger partial charge in [0.2, 0.25) is 0 Å². The Kier molecular flexibility index (Phi) is 6.95. The summed E-state index contributed by atoms with van der Waals surface area (Å²) < 4.78 is 38.5. The molecule has 0 bridgehead atoms. The fourth-order valence-corrected chi connectivity index (χ4v) is 2.15. The van der Waals surface area contributed by atoms with E-state index >= 15 is 0 Å². The van der Waals surface area contributed by atoms with Gasteiger partial charge in [-0.15, -0.1) is 0 Å². The van der Waals surface area contributed by atoms with Gasteiger partial charge in [-0.1, -0.05) is 5.16 Å². The molecule has 0 spiro atoms. The molecule has 0 saturated heterocycles. The summed E-state index contributed by atoms with van der Waals surface area (Å²) in [6.45, 7) is 3.67. The largest absolute Gasteiger partial charge is 0.490 e. The molecule has 1 aromatic carbocycles. The summed E-state index contributed by atoms with van der Waals surface area (Å²) >= 11 is 0. The second kappa shape index (κ2) is 9.22. The number of carbonyl (C=O) groups excluding carboxylic acids is 1. The summed E-state index contributed by atoms with van der Waals surface area (Å²) in [5.74, 6) is -2.90. The number of nitrogens with one attached hydrogen (secondary N) is 1. The van der Waals surface area contributed by atoms with Crippen LogP contribution in [0.2, 0.25) is 0 Å². The molecule has 30 heavy (non-hydrogen) atoms. The van der Waals surface area contributed by atoms with E-state index in [4.69, 9.17) is 19.5 Å². The van der Waals surface area contributed by atoms with Crippen LogP contribution in [0.15, 0.2) is 41.2 Å². The zero-order chi connectivity index (χ0) is 22.5. The third kappa shape index (κ3) is 5.67. The van der Waals surface area contributed by atoms with Crippen LogP contribution in [0, 0.1) is 13.8 Å². The van der Waals surface area contributed by atoms with Crippen LogP contribution in [-0.2, 0) is 11.4 Å². The van der Waals surface area contributed by atoms with Gasteiger partial charge in [0.15, 0.2) is 11.5 Å². The first-order valence-corrected chi connectivity index (χ1v) is 8.31. The number of carboxylic acid groups (broad SMARTS) is 1. The molecule has 9 nitrogen and oxygen atoms in total. The quantitative estimate of drug-likeness (QED) is 0.585. The van der Waals surface area contributed by atoms with E-state index in [0.717, 1.165) is 17.1 Å². The maximum atomic E-state index is 12.0. The Morgan fingerprint density at radius 3 is 2.23 bits per heavy atom. The number of aliphatic hydroxyl groups excluding tert-OH is 1. The number of rotatable bonds is 4. The number of aryl methyl sites for hydroxylation is 1. The number of alkyl halides is 3. The number of carbonyl (C=O) groups is 2. The third-order valence-electron chi connectivity index (χ3n) is 3.85. The van der Waals surface area contributed by atoms with E-state index in [1.54, 1.807) is 18.5 Å². The molecule has 0 atom stereocenters. The Morgan fingerprint density at radius 2 is 1.80 bits per heavy atom. The standard InChI is InChI=1S/C16H16N4O3.C2HF3O2/c1-10-11(2)20(9-17-10)13-5-3-12(4-6-13)18-16(22)15-7-14(8-21)23-19-15;3-2(4,5)1(6)7/h3-7,9,21H,8H2,1-2H3,(H,18,22);(H,6,7). The normalized spacial score (nSPS) is 10.9. The number of halogens is 3. The van der Waals surface area contributed by atoms with Crippen LogP contribution in [0.5, 0.6) is 0 Å². The third-order valence-corrected chi connectivity index (χ3v) is 3.85. The molecule has 0 aliphatic heterocycles. The molecule has 0 aliphatic rings. The number of amides is 1. The van der Waals surface area contributed by atoms with Crippen molar-refractivity contribution in [1.82, 2.24) is 14.7 Å². The van der Waals surface area contributed by atoms with E-state index in [9.17, 15) is 18.0 Å². The molecule has 0 aliphatic carbocycles. The van der Waals surface area contributed by atoms with Crippen molar-refractivity contribution in [3.05, 3.63) is 59.5 Å². The van der Waals surface area contributed by atoms with Crippen molar-refractivity contribution in [2.45, 2.75) is 26.6 Å². The average Bonchev–Trinajstić information content (AvgIpc) is 3.30. The van der Waals surface area contributed by atoms with Crippen molar-refractivity contribution >= 4 is 17.6 Å². The molecule has 12 heteroatoms. The Hall–Kier alpha value is -3.67. The number of aliphatic hydroxyl groups is 1. The number of imidazole rings is 1. The first-order chi connectivity index (χ1) is 14.0. The number of anilines is 1. The molecule has 2 aromatic heterocycles. The zero-order valence-electron chi connectivity index (χ0n) is 15.8. The molecule has 3 aromatic rings. The number of nitrogens with zero attached hydrogens (tertiary/aromatic N) is 3. The van der Waals surface area contributed by atoms with Crippen molar-refractivity contribution in [3.8, 4) is 5.69 Å². The maximum absolute atomic E-state index is 12.0. The molecule has 160 valence electrons. The van der Waals surface area contributed by atoms with Crippen molar-refractivity contribution in [3.63, 3.8) is 0 Å². The maximum Gasteiger partial charge on any atom is 0.490 e. The lowest BCUT2D eigenvalue weighted by Crippen LogP contribution is -2.21. The number of hydrogen-bond donors (Lipinski definition) is 3. The molecular weight excluding hydrogens is 409 g/mol. The number of benzene rings is 1. The molecule has 2 heterocycles. The molecule has 3 rings (SSSR count). The molecule has 0 saturated carbocycles. The van der Waals surface area contributed by atoms with Gasteiger partial charge in [0.25, 0.3) is 5.91 Å². The van der Waals surface area contributed by atoms with Gasteiger partial charge < -0.3 is 24.6 Å². The Labute approximate surface area is 167 Å². The van der Waals surface area contributed by atoms with E-state index in [1.807, 2.05) is 30.5 Å². The highest BCUT2D eigenvalue weighted by molar-refractivity contribution is 6.02. The number of aromatic nitrogens is 3. The van der Waals surface area contributed by atoms with Gasteiger partial charge >= 0.3 is 12.1 Å². The molecule has 3 N–H and O–H groups in total. The van der Waals surface area contributed by atoms with Crippen LogP contribution < -0.4 is 5.32 Å². The van der Waals surface area contributed by atoms with Crippen LogP contribution in [0.4, 0.5) is 18.9 Å². The van der Waals surface area contributed by atoms with Crippen LogP contribution in [0.1, 0.15) is 27.6 Å². The highest BCUT2D eigenvalue weighted by atomic mass is 19.4. The van der Waals surface area contributed by atoms with Crippen molar-refractivity contribution < 1.29 is 37.5 Å². The fourth-order valence-electron chi connectivity index (χ4n) is 2.15. The summed E-state index contributed by atoms with van der Waals surface area (Å²) in [7, 11) is 0. The van der Waals surface area contributed by atoms with Crippen LogP contribution in [0.25, 0.3) is 5.69 Å². The highest BCUT2D eigenvalue weighted by Crippen LogP contribution is 2.17. The lowest BCUT2D eigenvalue weighted by atomic mass is 10.2. The first kappa shape index (κ1) is 22.6. The zero-order valence-corrected chi connectivity index (χ0v) is 15.8. The molecular formula is C18H17F3N4O5. The first-order valence-electron chi connectivity index (χ1n) is 8.31. The van der Waals surface area contributed by atoms with E-state index in [1.165, 1.54) is 6.07 Å². The van der Waals surface area contributed by atoms with E-state index in [-0.39, 0.29) is 18.1 Å². The minimum atomic E-state index is -5.08. The van der Waals surface area contributed by atoms with Crippen LogP contribution >= 0.6 is 0 Å². The summed E-state index contributed by atoms with van der Waals surface area (Å²) in [6.07, 6.45) is -3.32. The Morgan fingerprint density at radius 1 is 1.20 bits per heavy atom. The fraction of sp³-hybridized carbons (Fsp3) is 0.222. The smallest absolute Gasteiger partial charge is 0.475 e. The lowest BCUT2D eigenvalue weighted by molar-refractivity contribution is -0.192. The summed E-state index contributed by atoms with van der Waals surface area (Å²) in [5, 5.41) is 22.4. The number of aliphatic carboxylic acids is 1. The van der Waals surface area contributed by atoms with E-state index in [2.05, 4.69) is 15.5 Å². The SMILES string of the molecule is Cc1ncn(-c2ccc(NC(=O)c3cc(CO)on3)cc2)c1C.O=C(O)C(F)(F)F. The van der Waals surface area contributed by atoms with Crippen molar-refractivity contribution in [1.29, 1.82) is 0 Å². The predicted molar refractivity (Wildman–Crippen MR) is 97.1 cm³/mol. The van der Waals surface area contributed by atoms with Gasteiger partial charge in [-0.25, -0.2) is 9.78 Å². The van der Waals surface area contributed by atoms with Gasteiger partial charge in [0.05, 0.1) is 12.0 Å². The average molecular weight is 426 g/mol. The predicted octanol–water partition coefficient (Wildman–Crippen LogP) is 2.86. The number of hydrogen-bond acceptors (Lipinski definition) is 6. The van der Waals surface area contributed by atoms with Gasteiger partial charge in [0.1, 0.15) is 6.61 Å². The Bertz CT molecular complexity index is 1030. The minimum Gasteiger partial charge on any atom is -0.475 e. The van der Waals surface area contributed by atoms with Crippen LogP contribution in [-0.4, -0.2) is 43.0 Å². The van der Waals surface area contributed by atoms with E-state index < -0.39 is 18.1 Å². The van der Waals surface area contributed by atoms with E-state index in [0.29, 0.717) is 5.69 Å². The summed E-state index contributed by atoms with van der Waals surface area (Å²) in [5.41, 5.74) is 3.78. The second-order valence-corrected chi connectivity index (χ2v) is 5.93. The minimum absolute atomic E-state index is 0.124. The lowest BCUT2D eigenvalue weighted by Gasteiger charge is -2.07. The number of carboxylic acids is 1. The van der Waals surface area contributed by atoms with Gasteiger partial charge in [-0.3, -0.25) is 4.79 Å². The highest BCUT2D eigenvalue weighted by Gasteiger charge is 2.38. The van der Waals surface area contributed by atoms with Gasteiger partial charge in [-0.05, 0) is 38.1 Å². The van der Waals surface area contributed by atoms with Crippen molar-refractivity contribution in [2.24, 2.45) is 0 Å². The molecule has 0 unspecified atom stereocenters. The molecule has 1 amide bonds. The summed E-state index contributed by atoms with van der Waals surface area (Å²) in [6, 6.07) is 8.79. The van der Waals surface area contributed by atoms with Crippen molar-refractivity contribution in [2.75, 3.05) is 5.32 Å². The second-order valence-electron chi connectivity index (χ2n) is 5.93. The van der Waals surface area contributed by atoms with Crippen LogP contribution in [0.3, 0.4) is 0 Å². The molecule has 0 fully saturated rings. The van der Waals surface area contributed by atoms with Gasteiger partial charge in [-0.2, -0.15) is 13.2 Å². The Balaban J connectivity index is 0.000000396. The monoisotopic (exact) mass is 426 g/mol. The van der Waals surface area contributed by atoms with Gasteiger partial charge in [0, 0.05) is 23.1 Å². The topological polar surface area (TPSA) is 130 Å². The summed E-state index contributed by atoms with van der Waals surface area (Å²) in [4.78, 5) is 25.2. The molecule has 0 radical (unpaired) electrons.